The molecule has 0 saturated heterocycles. The number of ether oxygens (including phenoxy) is 2. The van der Waals surface area contributed by atoms with Gasteiger partial charge in [0.05, 0.1) is 0 Å². The van der Waals surface area contributed by atoms with Crippen LogP contribution in [0.3, 0.4) is 0 Å². The quantitative estimate of drug-likeness (QED) is 0.752. The molecule has 0 saturated carbocycles. The molecular weight excluding hydrogens is 327 g/mol. The van der Waals surface area contributed by atoms with E-state index in [1.165, 1.54) is 29.8 Å². The van der Waals surface area contributed by atoms with E-state index in [4.69, 9.17) is 9.47 Å². The smallest absolute Gasteiger partial charge is 0.276 e. The van der Waals surface area contributed by atoms with Gasteiger partial charge in [-0.05, 0) is 48.4 Å². The summed E-state index contributed by atoms with van der Waals surface area (Å²) in [4.78, 5) is 23.2. The molecule has 0 heterocycles. The standard InChI is InChI=1S/C18H19FN2O4/c1-2-13-3-7-15(8-4-13)24-11-17(22)20-21-18(23)12-25-16-9-5-14(19)6-10-16/h3-10H,2,11-12H2,1H3,(H,20,22)(H,21,23). The molecule has 0 aliphatic carbocycles. The third kappa shape index (κ3) is 6.50. The summed E-state index contributed by atoms with van der Waals surface area (Å²) in [5, 5.41) is 0. The van der Waals surface area contributed by atoms with Crippen LogP contribution in [0.2, 0.25) is 0 Å². The van der Waals surface area contributed by atoms with Gasteiger partial charge in [-0.2, -0.15) is 0 Å². The van der Waals surface area contributed by atoms with Crippen molar-refractivity contribution in [1.29, 1.82) is 0 Å². The van der Waals surface area contributed by atoms with E-state index >= 15 is 0 Å². The second kappa shape index (κ2) is 9.27. The molecule has 0 radical (unpaired) electrons. The SMILES string of the molecule is CCc1ccc(OCC(=O)NNC(=O)COc2ccc(F)cc2)cc1. The molecule has 2 N–H and O–H groups in total. The van der Waals surface area contributed by atoms with E-state index in [1.807, 2.05) is 19.1 Å². The Morgan fingerprint density at radius 3 is 1.72 bits per heavy atom. The van der Waals surface area contributed by atoms with Crippen LogP contribution in [0.15, 0.2) is 48.5 Å². The molecule has 6 nitrogen and oxygen atoms in total. The van der Waals surface area contributed by atoms with Crippen LogP contribution in [0.25, 0.3) is 0 Å². The number of amides is 2. The minimum atomic E-state index is -0.551. The van der Waals surface area contributed by atoms with E-state index in [9.17, 15) is 14.0 Å². The van der Waals surface area contributed by atoms with E-state index in [2.05, 4.69) is 10.9 Å². The molecule has 0 bridgehead atoms. The maximum atomic E-state index is 12.7. The number of carbonyl (C=O) groups is 2. The minimum Gasteiger partial charge on any atom is -0.484 e. The predicted octanol–water partition coefficient (Wildman–Crippen LogP) is 1.99. The second-order valence-corrected chi connectivity index (χ2v) is 5.13. The van der Waals surface area contributed by atoms with Crippen LogP contribution < -0.4 is 20.3 Å². The maximum Gasteiger partial charge on any atom is 0.276 e. The van der Waals surface area contributed by atoms with E-state index in [0.717, 1.165) is 6.42 Å². The zero-order chi connectivity index (χ0) is 18.1. The monoisotopic (exact) mass is 346 g/mol. The van der Waals surface area contributed by atoms with Crippen molar-refractivity contribution >= 4 is 11.8 Å². The van der Waals surface area contributed by atoms with Crippen LogP contribution in [0.5, 0.6) is 11.5 Å². The molecule has 2 amide bonds. The van der Waals surface area contributed by atoms with Crippen molar-refractivity contribution in [2.45, 2.75) is 13.3 Å². The Morgan fingerprint density at radius 1 is 0.840 bits per heavy atom. The number of hydrogen-bond donors (Lipinski definition) is 2. The molecular formula is C18H19FN2O4. The van der Waals surface area contributed by atoms with Crippen LogP contribution in [0.4, 0.5) is 4.39 Å². The van der Waals surface area contributed by atoms with Crippen molar-refractivity contribution in [3.05, 3.63) is 59.9 Å². The first kappa shape index (κ1) is 18.3. The summed E-state index contributed by atoms with van der Waals surface area (Å²) in [6, 6.07) is 12.6. The molecule has 2 aromatic rings. The van der Waals surface area contributed by atoms with Gasteiger partial charge in [-0.3, -0.25) is 20.4 Å². The summed E-state index contributed by atoms with van der Waals surface area (Å²) in [7, 11) is 0. The Balaban J connectivity index is 1.64. The Morgan fingerprint density at radius 2 is 1.28 bits per heavy atom. The fourth-order valence-electron chi connectivity index (χ4n) is 1.86. The molecule has 2 rings (SSSR count). The van der Waals surface area contributed by atoms with Crippen LogP contribution >= 0.6 is 0 Å². The summed E-state index contributed by atoms with van der Waals surface area (Å²) in [6.45, 7) is 1.50. The average Bonchev–Trinajstić information content (AvgIpc) is 2.64. The third-order valence-electron chi connectivity index (χ3n) is 3.23. The maximum absolute atomic E-state index is 12.7. The van der Waals surface area contributed by atoms with E-state index < -0.39 is 17.6 Å². The van der Waals surface area contributed by atoms with E-state index in [-0.39, 0.29) is 13.2 Å². The van der Waals surface area contributed by atoms with Crippen molar-refractivity contribution in [2.75, 3.05) is 13.2 Å². The highest BCUT2D eigenvalue weighted by Crippen LogP contribution is 2.12. The minimum absolute atomic E-state index is 0.232. The van der Waals surface area contributed by atoms with Gasteiger partial charge < -0.3 is 9.47 Å². The fourth-order valence-corrected chi connectivity index (χ4v) is 1.86. The largest absolute Gasteiger partial charge is 0.484 e. The zero-order valence-corrected chi connectivity index (χ0v) is 13.8. The molecule has 0 aliphatic heterocycles. The van der Waals surface area contributed by atoms with Crippen LogP contribution in [-0.4, -0.2) is 25.0 Å². The van der Waals surface area contributed by atoms with Crippen LogP contribution in [0, 0.1) is 5.82 Å². The molecule has 0 unspecified atom stereocenters. The molecule has 132 valence electrons. The number of hydrazine groups is 1. The Kier molecular flexibility index (Phi) is 6.76. The predicted molar refractivity (Wildman–Crippen MR) is 89.5 cm³/mol. The first-order valence-corrected chi connectivity index (χ1v) is 7.74. The molecule has 25 heavy (non-hydrogen) atoms. The molecule has 0 fully saturated rings. The van der Waals surface area contributed by atoms with Crippen molar-refractivity contribution in [3.8, 4) is 11.5 Å². The van der Waals surface area contributed by atoms with Gasteiger partial charge in [0.25, 0.3) is 11.8 Å². The number of rotatable bonds is 7. The molecule has 0 spiro atoms. The van der Waals surface area contributed by atoms with Gasteiger partial charge in [-0.15, -0.1) is 0 Å². The number of nitrogens with one attached hydrogen (secondary N) is 2. The highest BCUT2D eigenvalue weighted by atomic mass is 19.1. The summed E-state index contributed by atoms with van der Waals surface area (Å²) in [5.74, 6) is -0.534. The van der Waals surface area contributed by atoms with Gasteiger partial charge in [0.15, 0.2) is 13.2 Å². The topological polar surface area (TPSA) is 76.7 Å². The van der Waals surface area contributed by atoms with Gasteiger partial charge >= 0.3 is 0 Å². The van der Waals surface area contributed by atoms with Gasteiger partial charge in [0, 0.05) is 0 Å². The lowest BCUT2D eigenvalue weighted by Gasteiger charge is -2.10. The summed E-state index contributed by atoms with van der Waals surface area (Å²) in [5.41, 5.74) is 5.59. The van der Waals surface area contributed by atoms with Crippen molar-refractivity contribution < 1.29 is 23.5 Å². The van der Waals surface area contributed by atoms with Crippen LogP contribution in [-0.2, 0) is 16.0 Å². The number of carbonyl (C=O) groups excluding carboxylic acids is 2. The first-order chi connectivity index (χ1) is 12.1. The number of hydrogen-bond acceptors (Lipinski definition) is 4. The Labute approximate surface area is 144 Å². The summed E-state index contributed by atoms with van der Waals surface area (Å²) < 4.78 is 23.2. The van der Waals surface area contributed by atoms with Crippen molar-refractivity contribution in [2.24, 2.45) is 0 Å². The Bertz CT molecular complexity index is 702. The molecule has 0 aliphatic rings. The lowest BCUT2D eigenvalue weighted by Crippen LogP contribution is -2.45. The third-order valence-corrected chi connectivity index (χ3v) is 3.23. The highest BCUT2D eigenvalue weighted by molar-refractivity contribution is 5.83. The second-order valence-electron chi connectivity index (χ2n) is 5.13. The lowest BCUT2D eigenvalue weighted by atomic mass is 10.2. The summed E-state index contributed by atoms with van der Waals surface area (Å²) >= 11 is 0. The molecule has 0 atom stereocenters. The first-order valence-electron chi connectivity index (χ1n) is 7.74. The van der Waals surface area contributed by atoms with Gasteiger partial charge in [-0.25, -0.2) is 4.39 Å². The number of benzene rings is 2. The fraction of sp³-hybridized carbons (Fsp3) is 0.222. The highest BCUT2D eigenvalue weighted by Gasteiger charge is 2.07. The van der Waals surface area contributed by atoms with Gasteiger partial charge in [-0.1, -0.05) is 19.1 Å². The number of aryl methyl sites for hydroxylation is 1. The van der Waals surface area contributed by atoms with Gasteiger partial charge in [0.1, 0.15) is 17.3 Å². The van der Waals surface area contributed by atoms with E-state index in [0.29, 0.717) is 11.5 Å². The van der Waals surface area contributed by atoms with Crippen molar-refractivity contribution in [1.82, 2.24) is 10.9 Å². The normalized spacial score (nSPS) is 10.0. The molecule has 0 aromatic heterocycles. The Hall–Kier alpha value is -3.09. The van der Waals surface area contributed by atoms with E-state index in [1.54, 1.807) is 12.1 Å². The van der Waals surface area contributed by atoms with Gasteiger partial charge in [0.2, 0.25) is 0 Å². The zero-order valence-electron chi connectivity index (χ0n) is 13.8. The van der Waals surface area contributed by atoms with Crippen molar-refractivity contribution in [3.63, 3.8) is 0 Å². The average molecular weight is 346 g/mol. The van der Waals surface area contributed by atoms with Crippen LogP contribution in [0.1, 0.15) is 12.5 Å². The number of halogens is 1. The molecule has 2 aromatic carbocycles. The molecule has 7 heteroatoms. The summed E-state index contributed by atoms with van der Waals surface area (Å²) in [6.07, 6.45) is 0.923. The lowest BCUT2D eigenvalue weighted by molar-refractivity contribution is -0.131.